The van der Waals surface area contributed by atoms with Crippen LogP contribution in [0.2, 0.25) is 0 Å². The van der Waals surface area contributed by atoms with Crippen molar-refractivity contribution in [3.05, 3.63) is 35.9 Å². The minimum atomic E-state index is 0.0882. The van der Waals surface area contributed by atoms with Crippen molar-refractivity contribution < 1.29 is 0 Å². The van der Waals surface area contributed by atoms with Crippen LogP contribution in [0.1, 0.15) is 38.3 Å². The first-order valence-electron chi connectivity index (χ1n) is 8.09. The molecule has 0 saturated carbocycles. The first-order chi connectivity index (χ1) is 9.90. The van der Waals surface area contributed by atoms with Crippen molar-refractivity contribution in [2.45, 2.75) is 38.8 Å². The van der Waals surface area contributed by atoms with Gasteiger partial charge < -0.3 is 15.5 Å². The van der Waals surface area contributed by atoms with Crippen LogP contribution in [-0.2, 0) is 0 Å². The number of nitrogens with two attached hydrogens (primary N) is 1. The molecule has 0 amide bonds. The number of benzene rings is 1. The van der Waals surface area contributed by atoms with Crippen LogP contribution in [-0.4, -0.2) is 49.6 Å². The smallest absolute Gasteiger partial charge is 0.0359 e. The zero-order valence-electron chi connectivity index (χ0n) is 14.0. The summed E-state index contributed by atoms with van der Waals surface area (Å²) in [6.45, 7) is 8.04. The van der Waals surface area contributed by atoms with E-state index in [2.05, 4.69) is 68.1 Å². The molecule has 1 aromatic rings. The molecule has 1 unspecified atom stereocenters. The fraction of sp³-hybridized carbons (Fsp3) is 0.667. The molecule has 1 fully saturated rings. The SMILES string of the molecule is CN(C)C1CCN(CC(C)(C)C(N)c2ccccc2)CC1. The number of nitrogens with zero attached hydrogens (tertiary/aromatic N) is 2. The molecule has 2 rings (SSSR count). The van der Waals surface area contributed by atoms with Gasteiger partial charge in [0.1, 0.15) is 0 Å². The van der Waals surface area contributed by atoms with Crippen molar-refractivity contribution in [1.29, 1.82) is 0 Å². The number of hydrogen-bond acceptors (Lipinski definition) is 3. The van der Waals surface area contributed by atoms with Gasteiger partial charge in [0.25, 0.3) is 0 Å². The molecule has 1 aliphatic rings. The lowest BCUT2D eigenvalue weighted by Crippen LogP contribution is -2.47. The largest absolute Gasteiger partial charge is 0.323 e. The van der Waals surface area contributed by atoms with Gasteiger partial charge in [0.15, 0.2) is 0 Å². The van der Waals surface area contributed by atoms with Crippen molar-refractivity contribution in [1.82, 2.24) is 9.80 Å². The van der Waals surface area contributed by atoms with E-state index in [1.165, 1.54) is 31.5 Å². The lowest BCUT2D eigenvalue weighted by atomic mass is 9.80. The fourth-order valence-corrected chi connectivity index (χ4v) is 3.38. The maximum atomic E-state index is 6.53. The second-order valence-electron chi connectivity index (χ2n) is 7.35. The summed E-state index contributed by atoms with van der Waals surface area (Å²) in [5, 5.41) is 0. The van der Waals surface area contributed by atoms with Gasteiger partial charge in [0.05, 0.1) is 0 Å². The highest BCUT2D eigenvalue weighted by molar-refractivity contribution is 5.20. The molecule has 1 aromatic carbocycles. The predicted octanol–water partition coefficient (Wildman–Crippen LogP) is 2.74. The normalized spacial score (nSPS) is 19.9. The van der Waals surface area contributed by atoms with Gasteiger partial charge in [-0.05, 0) is 51.0 Å². The summed E-state index contributed by atoms with van der Waals surface area (Å²) in [4.78, 5) is 4.95. The quantitative estimate of drug-likeness (QED) is 0.904. The summed E-state index contributed by atoms with van der Waals surface area (Å²) >= 11 is 0. The number of rotatable bonds is 5. The minimum Gasteiger partial charge on any atom is -0.323 e. The molecule has 0 radical (unpaired) electrons. The van der Waals surface area contributed by atoms with Crippen LogP contribution in [0.25, 0.3) is 0 Å². The average Bonchev–Trinajstić information content (AvgIpc) is 2.47. The molecule has 21 heavy (non-hydrogen) atoms. The second kappa shape index (κ2) is 6.91. The Morgan fingerprint density at radius 2 is 1.76 bits per heavy atom. The molecule has 0 aliphatic carbocycles. The molecule has 0 aromatic heterocycles. The van der Waals surface area contributed by atoms with E-state index in [0.29, 0.717) is 0 Å². The lowest BCUT2D eigenvalue weighted by Gasteiger charge is -2.41. The Kier molecular flexibility index (Phi) is 5.42. The molecule has 1 heterocycles. The second-order valence-corrected chi connectivity index (χ2v) is 7.35. The van der Waals surface area contributed by atoms with E-state index >= 15 is 0 Å². The number of likely N-dealkylation sites (tertiary alicyclic amines) is 1. The Labute approximate surface area is 130 Å². The van der Waals surface area contributed by atoms with E-state index in [4.69, 9.17) is 5.73 Å². The highest BCUT2D eigenvalue weighted by atomic mass is 15.2. The van der Waals surface area contributed by atoms with Gasteiger partial charge in [-0.15, -0.1) is 0 Å². The highest BCUT2D eigenvalue weighted by Gasteiger charge is 2.31. The molecule has 0 bridgehead atoms. The Balaban J connectivity index is 1.92. The van der Waals surface area contributed by atoms with Gasteiger partial charge in [-0.1, -0.05) is 44.2 Å². The first-order valence-corrected chi connectivity index (χ1v) is 8.09. The molecule has 3 nitrogen and oxygen atoms in total. The third-order valence-corrected chi connectivity index (χ3v) is 4.92. The van der Waals surface area contributed by atoms with Gasteiger partial charge in [0.2, 0.25) is 0 Å². The monoisotopic (exact) mass is 289 g/mol. The third kappa shape index (κ3) is 4.29. The van der Waals surface area contributed by atoms with Gasteiger partial charge >= 0.3 is 0 Å². The average molecular weight is 289 g/mol. The summed E-state index contributed by atoms with van der Waals surface area (Å²) in [5.41, 5.74) is 7.86. The highest BCUT2D eigenvalue weighted by Crippen LogP contribution is 2.33. The standard InChI is InChI=1S/C18H31N3/c1-18(2,17(19)15-8-6-5-7-9-15)14-21-12-10-16(11-13-21)20(3)4/h5-9,16-17H,10-14,19H2,1-4H3. The van der Waals surface area contributed by atoms with E-state index in [1.54, 1.807) is 0 Å². The van der Waals surface area contributed by atoms with E-state index in [1.807, 2.05) is 0 Å². The molecule has 1 saturated heterocycles. The van der Waals surface area contributed by atoms with E-state index in [-0.39, 0.29) is 11.5 Å². The van der Waals surface area contributed by atoms with Crippen LogP contribution >= 0.6 is 0 Å². The Bertz CT molecular complexity index is 419. The van der Waals surface area contributed by atoms with Crippen molar-refractivity contribution in [3.63, 3.8) is 0 Å². The van der Waals surface area contributed by atoms with Crippen molar-refractivity contribution in [3.8, 4) is 0 Å². The Morgan fingerprint density at radius 1 is 1.19 bits per heavy atom. The summed E-state index contributed by atoms with van der Waals surface area (Å²) in [6, 6.07) is 11.3. The third-order valence-electron chi connectivity index (χ3n) is 4.92. The summed E-state index contributed by atoms with van der Waals surface area (Å²) in [7, 11) is 4.38. The maximum Gasteiger partial charge on any atom is 0.0359 e. The van der Waals surface area contributed by atoms with Crippen molar-refractivity contribution in [2.24, 2.45) is 11.1 Å². The Hall–Kier alpha value is -0.900. The van der Waals surface area contributed by atoms with Crippen LogP contribution in [0.3, 0.4) is 0 Å². The molecule has 0 spiro atoms. The van der Waals surface area contributed by atoms with Gasteiger partial charge in [0, 0.05) is 18.6 Å². The van der Waals surface area contributed by atoms with Gasteiger partial charge in [-0.2, -0.15) is 0 Å². The molecular formula is C18H31N3. The number of hydrogen-bond donors (Lipinski definition) is 1. The Morgan fingerprint density at radius 3 is 2.29 bits per heavy atom. The zero-order valence-corrected chi connectivity index (χ0v) is 14.0. The number of piperidine rings is 1. The minimum absolute atomic E-state index is 0.0882. The molecule has 1 aliphatic heterocycles. The molecule has 2 N–H and O–H groups in total. The van der Waals surface area contributed by atoms with Crippen molar-refractivity contribution >= 4 is 0 Å². The molecule has 1 atom stereocenters. The summed E-state index contributed by atoms with van der Waals surface area (Å²) < 4.78 is 0. The van der Waals surface area contributed by atoms with E-state index < -0.39 is 0 Å². The first kappa shape index (κ1) is 16.5. The summed E-state index contributed by atoms with van der Waals surface area (Å²) in [5.74, 6) is 0. The predicted molar refractivity (Wildman–Crippen MR) is 90.3 cm³/mol. The van der Waals surface area contributed by atoms with Crippen LogP contribution in [0.5, 0.6) is 0 Å². The fourth-order valence-electron chi connectivity index (χ4n) is 3.38. The van der Waals surface area contributed by atoms with Gasteiger partial charge in [-0.3, -0.25) is 0 Å². The summed E-state index contributed by atoms with van der Waals surface area (Å²) in [6.07, 6.45) is 2.54. The molecule has 3 heteroatoms. The van der Waals surface area contributed by atoms with Crippen LogP contribution < -0.4 is 5.73 Å². The lowest BCUT2D eigenvalue weighted by molar-refractivity contribution is 0.0964. The molecule has 118 valence electrons. The van der Waals surface area contributed by atoms with Crippen molar-refractivity contribution in [2.75, 3.05) is 33.7 Å². The molecular weight excluding hydrogens is 258 g/mol. The van der Waals surface area contributed by atoms with Crippen LogP contribution in [0, 0.1) is 5.41 Å². The van der Waals surface area contributed by atoms with E-state index in [0.717, 1.165) is 12.6 Å². The van der Waals surface area contributed by atoms with Gasteiger partial charge in [-0.25, -0.2) is 0 Å². The van der Waals surface area contributed by atoms with Crippen LogP contribution in [0.4, 0.5) is 0 Å². The van der Waals surface area contributed by atoms with Crippen LogP contribution in [0.15, 0.2) is 30.3 Å². The zero-order chi connectivity index (χ0) is 15.5. The maximum absolute atomic E-state index is 6.53. The topological polar surface area (TPSA) is 32.5 Å². The van der Waals surface area contributed by atoms with E-state index in [9.17, 15) is 0 Å².